The van der Waals surface area contributed by atoms with Gasteiger partial charge in [0.2, 0.25) is 0 Å². The van der Waals surface area contributed by atoms with Gasteiger partial charge in [0.15, 0.2) is 17.6 Å². The molecule has 6 heteroatoms. The van der Waals surface area contributed by atoms with Crippen LogP contribution < -0.4 is 14.4 Å². The number of aliphatic hydroxyl groups excluding tert-OH is 1. The molecule has 126 valence electrons. The summed E-state index contributed by atoms with van der Waals surface area (Å²) in [6, 6.07) is 9.25. The van der Waals surface area contributed by atoms with Crippen LogP contribution in [0.3, 0.4) is 0 Å². The van der Waals surface area contributed by atoms with Crippen molar-refractivity contribution in [2.75, 3.05) is 19.1 Å². The van der Waals surface area contributed by atoms with Crippen LogP contribution in [0.15, 0.2) is 34.8 Å². The number of carbonyl (C=O) groups is 1. The second-order valence-corrected chi connectivity index (χ2v) is 6.59. The standard InChI is InChI=1S/C18H18BrNO4/c1-10-6-12(19)8-13-16(10)20(18(22)17(13)21)9-11-4-5-14(23-2)15(7-11)24-3/h4-8,17,21H,9H2,1-3H3/t17-/m0/s1. The highest BCUT2D eigenvalue weighted by Crippen LogP contribution is 2.41. The fourth-order valence-electron chi connectivity index (χ4n) is 3.05. The molecule has 0 aliphatic carbocycles. The van der Waals surface area contributed by atoms with Gasteiger partial charge in [-0.2, -0.15) is 0 Å². The number of fused-ring (bicyclic) bond motifs is 1. The quantitative estimate of drug-likeness (QED) is 0.867. The SMILES string of the molecule is COc1ccc(CN2C(=O)[C@@H](O)c3cc(Br)cc(C)c32)cc1OC. The first-order valence-corrected chi connectivity index (χ1v) is 8.26. The molecule has 2 aromatic rings. The average molecular weight is 392 g/mol. The number of methoxy groups -OCH3 is 2. The number of hydrogen-bond donors (Lipinski definition) is 1. The summed E-state index contributed by atoms with van der Waals surface area (Å²) in [5, 5.41) is 10.3. The van der Waals surface area contributed by atoms with Crippen LogP contribution in [0.25, 0.3) is 0 Å². The van der Waals surface area contributed by atoms with Crippen molar-refractivity contribution in [3.8, 4) is 11.5 Å². The Bertz CT molecular complexity index is 806. The minimum Gasteiger partial charge on any atom is -0.493 e. The zero-order valence-electron chi connectivity index (χ0n) is 13.7. The van der Waals surface area contributed by atoms with Gasteiger partial charge < -0.3 is 19.5 Å². The highest BCUT2D eigenvalue weighted by Gasteiger charge is 2.37. The number of rotatable bonds is 4. The van der Waals surface area contributed by atoms with Gasteiger partial charge in [0, 0.05) is 10.0 Å². The minimum absolute atomic E-state index is 0.319. The van der Waals surface area contributed by atoms with E-state index >= 15 is 0 Å². The molecule has 2 aromatic carbocycles. The van der Waals surface area contributed by atoms with E-state index in [0.717, 1.165) is 21.3 Å². The van der Waals surface area contributed by atoms with Gasteiger partial charge in [-0.25, -0.2) is 0 Å². The lowest BCUT2D eigenvalue weighted by Gasteiger charge is -2.20. The zero-order chi connectivity index (χ0) is 17.4. The molecule has 0 saturated heterocycles. The number of anilines is 1. The lowest BCUT2D eigenvalue weighted by atomic mass is 10.1. The van der Waals surface area contributed by atoms with Crippen molar-refractivity contribution in [2.45, 2.75) is 19.6 Å². The third kappa shape index (κ3) is 2.76. The van der Waals surface area contributed by atoms with Gasteiger partial charge in [-0.3, -0.25) is 4.79 Å². The van der Waals surface area contributed by atoms with Crippen LogP contribution in [0.5, 0.6) is 11.5 Å². The number of aryl methyl sites for hydroxylation is 1. The van der Waals surface area contributed by atoms with Gasteiger partial charge in [-0.05, 0) is 42.3 Å². The molecular weight excluding hydrogens is 374 g/mol. The monoisotopic (exact) mass is 391 g/mol. The summed E-state index contributed by atoms with van der Waals surface area (Å²) < 4.78 is 11.4. The molecule has 3 rings (SSSR count). The Balaban J connectivity index is 1.99. The molecule has 0 radical (unpaired) electrons. The number of amides is 1. The third-order valence-corrected chi connectivity index (χ3v) is 4.61. The Morgan fingerprint density at radius 3 is 2.54 bits per heavy atom. The first-order chi connectivity index (χ1) is 11.5. The number of nitrogens with zero attached hydrogens (tertiary/aromatic N) is 1. The van der Waals surface area contributed by atoms with Crippen LogP contribution >= 0.6 is 15.9 Å². The number of hydrogen-bond acceptors (Lipinski definition) is 4. The molecular formula is C18H18BrNO4. The fraction of sp³-hybridized carbons (Fsp3) is 0.278. The fourth-order valence-corrected chi connectivity index (χ4v) is 3.64. The summed E-state index contributed by atoms with van der Waals surface area (Å²) in [6.07, 6.45) is -1.13. The van der Waals surface area contributed by atoms with Gasteiger partial charge in [-0.15, -0.1) is 0 Å². The smallest absolute Gasteiger partial charge is 0.260 e. The highest BCUT2D eigenvalue weighted by molar-refractivity contribution is 9.10. The molecule has 1 heterocycles. The Morgan fingerprint density at radius 2 is 1.88 bits per heavy atom. The number of aliphatic hydroxyl groups is 1. The number of halogens is 1. The third-order valence-electron chi connectivity index (χ3n) is 4.15. The molecule has 1 aliphatic heterocycles. The number of carbonyl (C=O) groups excluding carboxylic acids is 1. The van der Waals surface area contributed by atoms with Gasteiger partial charge in [0.25, 0.3) is 5.91 Å². The summed E-state index contributed by atoms with van der Waals surface area (Å²) >= 11 is 3.41. The van der Waals surface area contributed by atoms with Crippen molar-refractivity contribution >= 4 is 27.5 Å². The van der Waals surface area contributed by atoms with E-state index in [-0.39, 0.29) is 5.91 Å². The summed E-state index contributed by atoms with van der Waals surface area (Å²) in [5.41, 5.74) is 3.23. The molecule has 0 aromatic heterocycles. The molecule has 0 fully saturated rings. The van der Waals surface area contributed by atoms with E-state index in [1.807, 2.05) is 25.1 Å². The summed E-state index contributed by atoms with van der Waals surface area (Å²) in [6.45, 7) is 2.28. The van der Waals surface area contributed by atoms with Gasteiger partial charge >= 0.3 is 0 Å². The van der Waals surface area contributed by atoms with Crippen molar-refractivity contribution < 1.29 is 19.4 Å². The van der Waals surface area contributed by atoms with Crippen LogP contribution in [-0.2, 0) is 11.3 Å². The molecule has 1 aliphatic rings. The lowest BCUT2D eigenvalue weighted by molar-refractivity contribution is -0.125. The average Bonchev–Trinajstić information content (AvgIpc) is 2.80. The first-order valence-electron chi connectivity index (χ1n) is 7.46. The van der Waals surface area contributed by atoms with E-state index in [1.165, 1.54) is 0 Å². The summed E-state index contributed by atoms with van der Waals surface area (Å²) in [4.78, 5) is 14.1. The van der Waals surface area contributed by atoms with Crippen molar-refractivity contribution in [1.82, 2.24) is 0 Å². The van der Waals surface area contributed by atoms with Crippen molar-refractivity contribution in [2.24, 2.45) is 0 Å². The Kier molecular flexibility index (Phi) is 4.51. The van der Waals surface area contributed by atoms with Crippen LogP contribution in [0.4, 0.5) is 5.69 Å². The van der Waals surface area contributed by atoms with E-state index in [9.17, 15) is 9.90 Å². The molecule has 5 nitrogen and oxygen atoms in total. The second-order valence-electron chi connectivity index (χ2n) is 5.68. The van der Waals surface area contributed by atoms with Crippen LogP contribution in [0.2, 0.25) is 0 Å². The van der Waals surface area contributed by atoms with E-state index in [1.54, 1.807) is 31.3 Å². The summed E-state index contributed by atoms with van der Waals surface area (Å²) in [7, 11) is 3.15. The molecule has 0 spiro atoms. The molecule has 1 N–H and O–H groups in total. The van der Waals surface area contributed by atoms with Crippen LogP contribution in [0, 0.1) is 6.92 Å². The maximum atomic E-state index is 12.5. The van der Waals surface area contributed by atoms with Crippen LogP contribution in [0.1, 0.15) is 22.8 Å². The van der Waals surface area contributed by atoms with E-state index in [0.29, 0.717) is 23.6 Å². The minimum atomic E-state index is -1.13. The van der Waals surface area contributed by atoms with Gasteiger partial charge in [0.05, 0.1) is 26.5 Å². The maximum absolute atomic E-state index is 12.5. The lowest BCUT2D eigenvalue weighted by Crippen LogP contribution is -2.28. The molecule has 0 bridgehead atoms. The van der Waals surface area contributed by atoms with Crippen molar-refractivity contribution in [3.63, 3.8) is 0 Å². The zero-order valence-corrected chi connectivity index (χ0v) is 15.3. The number of ether oxygens (including phenoxy) is 2. The largest absolute Gasteiger partial charge is 0.493 e. The Labute approximate surface area is 148 Å². The summed E-state index contributed by atoms with van der Waals surface area (Å²) in [5.74, 6) is 0.922. The predicted octanol–water partition coefficient (Wildman–Crippen LogP) is 3.35. The van der Waals surface area contributed by atoms with Crippen LogP contribution in [-0.4, -0.2) is 25.2 Å². The molecule has 1 amide bonds. The van der Waals surface area contributed by atoms with Gasteiger partial charge in [-0.1, -0.05) is 22.0 Å². The molecule has 24 heavy (non-hydrogen) atoms. The number of benzene rings is 2. The predicted molar refractivity (Wildman–Crippen MR) is 94.6 cm³/mol. The molecule has 1 atom stereocenters. The molecule has 0 saturated carbocycles. The van der Waals surface area contributed by atoms with Crippen molar-refractivity contribution in [1.29, 1.82) is 0 Å². The van der Waals surface area contributed by atoms with E-state index in [4.69, 9.17) is 9.47 Å². The Hall–Kier alpha value is -2.05. The maximum Gasteiger partial charge on any atom is 0.260 e. The Morgan fingerprint density at radius 1 is 1.17 bits per heavy atom. The van der Waals surface area contributed by atoms with Crippen molar-refractivity contribution in [3.05, 3.63) is 51.5 Å². The topological polar surface area (TPSA) is 59.0 Å². The highest BCUT2D eigenvalue weighted by atomic mass is 79.9. The molecule has 0 unspecified atom stereocenters. The normalized spacial score (nSPS) is 16.3. The van der Waals surface area contributed by atoms with E-state index in [2.05, 4.69) is 15.9 Å². The van der Waals surface area contributed by atoms with Gasteiger partial charge in [0.1, 0.15) is 0 Å². The first kappa shape index (κ1) is 16.8. The second kappa shape index (κ2) is 6.45. The van der Waals surface area contributed by atoms with E-state index < -0.39 is 6.10 Å².